The quantitative estimate of drug-likeness (QED) is 0.707. The first kappa shape index (κ1) is 20.3. The van der Waals surface area contributed by atoms with E-state index in [-0.39, 0.29) is 11.1 Å². The zero-order chi connectivity index (χ0) is 19.6. The minimum absolute atomic E-state index is 0.0408. The molecule has 4 fully saturated rings. The van der Waals surface area contributed by atoms with Crippen LogP contribution in [0.2, 0.25) is 0 Å². The van der Waals surface area contributed by atoms with Crippen molar-refractivity contribution < 1.29 is 19.4 Å². The van der Waals surface area contributed by atoms with Crippen molar-refractivity contribution in [2.24, 2.45) is 23.5 Å². The lowest BCUT2D eigenvalue weighted by Crippen LogP contribution is -2.59. The zero-order valence-electron chi connectivity index (χ0n) is 16.1. The van der Waals surface area contributed by atoms with Crippen LogP contribution in [0.1, 0.15) is 80.3 Å². The molecule has 1 aromatic carbocycles. The summed E-state index contributed by atoms with van der Waals surface area (Å²) in [6, 6.07) is 6.60. The molecule has 0 spiro atoms. The molecular weight excluding hydrogens is 345 g/mol. The number of nitrogens with two attached hydrogens (primary N) is 1. The minimum atomic E-state index is -0.985. The standard InChI is InChI=1S/C12H16O3.C10H16FN/c1-2-3-8-11(13)9-6-4-5-7-10(9)12(14)15;11-9-7-1-6-2-8(9)5-10(12,3-6)4-7/h4-7,11,13H,2-3,8H2,1H3,(H,14,15);6-9H,1-5,12H2. The van der Waals surface area contributed by atoms with E-state index in [1.807, 2.05) is 6.92 Å². The molecule has 4 bridgehead atoms. The van der Waals surface area contributed by atoms with E-state index in [0.717, 1.165) is 44.4 Å². The van der Waals surface area contributed by atoms with Gasteiger partial charge in [-0.05, 0) is 67.9 Å². The molecule has 3 unspecified atom stereocenters. The number of alkyl halides is 1. The molecule has 4 nitrogen and oxygen atoms in total. The maximum atomic E-state index is 13.6. The first-order chi connectivity index (χ1) is 12.8. The van der Waals surface area contributed by atoms with Crippen LogP contribution >= 0.6 is 0 Å². The summed E-state index contributed by atoms with van der Waals surface area (Å²) in [6.07, 6.45) is 6.65. The lowest BCUT2D eigenvalue weighted by molar-refractivity contribution is -0.0649. The zero-order valence-corrected chi connectivity index (χ0v) is 16.1. The Morgan fingerprint density at radius 3 is 2.44 bits per heavy atom. The predicted octanol–water partition coefficient (Wildman–Crippen LogP) is 4.47. The Morgan fingerprint density at radius 1 is 1.26 bits per heavy atom. The van der Waals surface area contributed by atoms with Gasteiger partial charge in [-0.1, -0.05) is 38.0 Å². The third kappa shape index (κ3) is 4.52. The molecular formula is C22H32FNO3. The molecule has 4 N–H and O–H groups in total. The lowest BCUT2D eigenvalue weighted by atomic mass is 9.52. The molecule has 150 valence electrons. The van der Waals surface area contributed by atoms with Crippen molar-refractivity contribution >= 4 is 5.97 Å². The summed E-state index contributed by atoms with van der Waals surface area (Å²) in [5.74, 6) is 0.420. The largest absolute Gasteiger partial charge is 0.478 e. The van der Waals surface area contributed by atoms with Crippen LogP contribution in [0.15, 0.2) is 24.3 Å². The van der Waals surface area contributed by atoms with Crippen molar-refractivity contribution in [3.8, 4) is 0 Å². The third-order valence-corrected chi connectivity index (χ3v) is 6.59. The summed E-state index contributed by atoms with van der Waals surface area (Å²) >= 11 is 0. The number of unbranched alkanes of at least 4 members (excludes halogenated alkanes) is 1. The number of aromatic carboxylic acids is 1. The second-order valence-electron chi connectivity index (χ2n) is 8.83. The van der Waals surface area contributed by atoms with Gasteiger partial charge in [0.2, 0.25) is 0 Å². The maximum Gasteiger partial charge on any atom is 0.336 e. The van der Waals surface area contributed by atoms with Crippen molar-refractivity contribution in [3.63, 3.8) is 0 Å². The molecule has 0 saturated heterocycles. The third-order valence-electron chi connectivity index (χ3n) is 6.59. The number of hydrogen-bond donors (Lipinski definition) is 3. The summed E-state index contributed by atoms with van der Waals surface area (Å²) < 4.78 is 13.6. The summed E-state index contributed by atoms with van der Waals surface area (Å²) in [7, 11) is 0. The van der Waals surface area contributed by atoms with E-state index in [4.69, 9.17) is 10.8 Å². The second kappa shape index (κ2) is 8.27. The van der Waals surface area contributed by atoms with Crippen LogP contribution in [-0.2, 0) is 0 Å². The topological polar surface area (TPSA) is 83.5 Å². The van der Waals surface area contributed by atoms with E-state index in [2.05, 4.69) is 0 Å². The summed E-state index contributed by atoms with van der Waals surface area (Å²) in [5.41, 5.74) is 6.97. The van der Waals surface area contributed by atoms with Crippen molar-refractivity contribution in [2.45, 2.75) is 76.1 Å². The van der Waals surface area contributed by atoms with Crippen molar-refractivity contribution in [1.82, 2.24) is 0 Å². The molecule has 0 aliphatic heterocycles. The Labute approximate surface area is 161 Å². The van der Waals surface area contributed by atoms with Gasteiger partial charge >= 0.3 is 5.97 Å². The number of halogens is 1. The van der Waals surface area contributed by atoms with Gasteiger partial charge in [0, 0.05) is 5.54 Å². The van der Waals surface area contributed by atoms with Crippen molar-refractivity contribution in [3.05, 3.63) is 35.4 Å². The number of carbonyl (C=O) groups is 1. The van der Waals surface area contributed by atoms with Crippen LogP contribution in [0, 0.1) is 17.8 Å². The molecule has 1 aromatic rings. The summed E-state index contributed by atoms with van der Waals surface area (Å²) in [5, 5.41) is 18.7. The molecule has 27 heavy (non-hydrogen) atoms. The first-order valence-corrected chi connectivity index (χ1v) is 10.3. The number of rotatable bonds is 5. The lowest BCUT2D eigenvalue weighted by Gasteiger charge is -2.56. The molecule has 0 heterocycles. The van der Waals surface area contributed by atoms with Crippen molar-refractivity contribution in [2.75, 3.05) is 0 Å². The normalized spacial score (nSPS) is 34.7. The van der Waals surface area contributed by atoms with Crippen molar-refractivity contribution in [1.29, 1.82) is 0 Å². The summed E-state index contributed by atoms with van der Waals surface area (Å²) in [6.45, 7) is 2.04. The first-order valence-electron chi connectivity index (χ1n) is 10.3. The number of hydrogen-bond acceptors (Lipinski definition) is 3. The van der Waals surface area contributed by atoms with Crippen LogP contribution in [0.4, 0.5) is 4.39 Å². The number of aliphatic hydroxyl groups excluding tert-OH is 1. The molecule has 3 atom stereocenters. The van der Waals surface area contributed by atoms with Crippen LogP contribution in [0.25, 0.3) is 0 Å². The van der Waals surface area contributed by atoms with Gasteiger partial charge in [0.05, 0.1) is 11.7 Å². The molecule has 4 aliphatic carbocycles. The Hall–Kier alpha value is -1.46. The Balaban J connectivity index is 0.000000158. The van der Waals surface area contributed by atoms with E-state index < -0.39 is 18.2 Å². The molecule has 0 amide bonds. The molecule has 0 radical (unpaired) electrons. The number of carboxylic acids is 1. The monoisotopic (exact) mass is 377 g/mol. The summed E-state index contributed by atoms with van der Waals surface area (Å²) in [4.78, 5) is 10.9. The Kier molecular flexibility index (Phi) is 6.21. The van der Waals surface area contributed by atoms with E-state index >= 15 is 0 Å². The van der Waals surface area contributed by atoms with Crippen LogP contribution in [0.5, 0.6) is 0 Å². The number of aliphatic hydroxyl groups is 1. The van der Waals surface area contributed by atoms with E-state index in [1.54, 1.807) is 18.2 Å². The highest BCUT2D eigenvalue weighted by Gasteiger charge is 2.54. The van der Waals surface area contributed by atoms with Gasteiger partial charge < -0.3 is 15.9 Å². The average Bonchev–Trinajstić information content (AvgIpc) is 2.63. The van der Waals surface area contributed by atoms with E-state index in [9.17, 15) is 14.3 Å². The minimum Gasteiger partial charge on any atom is -0.478 e. The highest BCUT2D eigenvalue weighted by molar-refractivity contribution is 5.89. The van der Waals surface area contributed by atoms with E-state index in [0.29, 0.717) is 23.8 Å². The van der Waals surface area contributed by atoms with Gasteiger partial charge in [-0.25, -0.2) is 9.18 Å². The van der Waals surface area contributed by atoms with Crippen LogP contribution in [-0.4, -0.2) is 27.9 Å². The van der Waals surface area contributed by atoms with E-state index in [1.165, 1.54) is 12.5 Å². The fourth-order valence-corrected chi connectivity index (χ4v) is 5.56. The highest BCUT2D eigenvalue weighted by Crippen LogP contribution is 2.55. The molecule has 5 rings (SSSR count). The number of carboxylic acid groups (broad SMARTS) is 1. The average molecular weight is 378 g/mol. The number of benzene rings is 1. The fourth-order valence-electron chi connectivity index (χ4n) is 5.56. The van der Waals surface area contributed by atoms with Gasteiger partial charge in [0.1, 0.15) is 6.17 Å². The predicted molar refractivity (Wildman–Crippen MR) is 103 cm³/mol. The Bertz CT molecular complexity index is 649. The Morgan fingerprint density at radius 2 is 1.89 bits per heavy atom. The van der Waals surface area contributed by atoms with Crippen LogP contribution < -0.4 is 5.73 Å². The van der Waals surface area contributed by atoms with Crippen LogP contribution in [0.3, 0.4) is 0 Å². The SMILES string of the molecule is CCCCC(O)c1ccccc1C(=O)O.NC12CC3CC(C1)C(F)C(C3)C2. The van der Waals surface area contributed by atoms with Gasteiger partial charge in [-0.3, -0.25) is 0 Å². The highest BCUT2D eigenvalue weighted by atomic mass is 19.1. The second-order valence-corrected chi connectivity index (χ2v) is 8.83. The van der Waals surface area contributed by atoms with Gasteiger partial charge in [0.25, 0.3) is 0 Å². The maximum absolute atomic E-state index is 13.6. The molecule has 5 heteroatoms. The van der Waals surface area contributed by atoms with Gasteiger partial charge in [-0.15, -0.1) is 0 Å². The smallest absolute Gasteiger partial charge is 0.336 e. The molecule has 0 aromatic heterocycles. The molecule has 4 saturated carbocycles. The van der Waals surface area contributed by atoms with Gasteiger partial charge in [0.15, 0.2) is 0 Å². The fraction of sp³-hybridized carbons (Fsp3) is 0.682. The van der Waals surface area contributed by atoms with Gasteiger partial charge in [-0.2, -0.15) is 0 Å². The molecule has 4 aliphatic rings.